The number of hydrogen-bond acceptors (Lipinski definition) is 6. The fourth-order valence-corrected chi connectivity index (χ4v) is 3.90. The first-order valence-electron chi connectivity index (χ1n) is 11.2. The van der Waals surface area contributed by atoms with Crippen molar-refractivity contribution in [3.63, 3.8) is 0 Å². The molecule has 0 unspecified atom stereocenters. The molecular weight excluding hydrogens is 420 g/mol. The van der Waals surface area contributed by atoms with Crippen LogP contribution in [0.1, 0.15) is 34.6 Å². The van der Waals surface area contributed by atoms with Crippen molar-refractivity contribution in [1.29, 1.82) is 0 Å². The topological polar surface area (TPSA) is 86.2 Å². The first-order chi connectivity index (χ1) is 15.6. The Morgan fingerprint density at radius 2 is 1.88 bits per heavy atom. The molecule has 1 N–H and O–H groups in total. The van der Waals surface area contributed by atoms with Crippen LogP contribution in [0.15, 0.2) is 36.5 Å². The molecule has 0 saturated carbocycles. The Labute approximate surface area is 195 Å². The predicted molar refractivity (Wildman–Crippen MR) is 127 cm³/mol. The third-order valence-electron chi connectivity index (χ3n) is 5.94. The van der Waals surface area contributed by atoms with Crippen molar-refractivity contribution in [3.05, 3.63) is 47.7 Å². The minimum absolute atomic E-state index is 0.0572. The Balaban J connectivity index is 2.02. The molecule has 8 heteroatoms. The summed E-state index contributed by atoms with van der Waals surface area (Å²) >= 11 is 0. The molecule has 3 rings (SSSR count). The van der Waals surface area contributed by atoms with Gasteiger partial charge in [-0.15, -0.1) is 0 Å². The SMILES string of the molecule is C[C@@H]1CN([C@H](C)CO)C(=O)c2cc(-c3ccc(C(=O)N(C)C)cc3)cnc2O[C@@H]1CN(C)C. The fraction of sp³-hybridized carbons (Fsp3) is 0.480. The monoisotopic (exact) mass is 454 g/mol. The molecule has 0 fully saturated rings. The number of rotatable bonds is 6. The summed E-state index contributed by atoms with van der Waals surface area (Å²) in [4.78, 5) is 35.5. The maximum absolute atomic E-state index is 13.5. The summed E-state index contributed by atoms with van der Waals surface area (Å²) in [5.41, 5.74) is 2.56. The van der Waals surface area contributed by atoms with E-state index in [0.29, 0.717) is 30.1 Å². The minimum atomic E-state index is -0.328. The largest absolute Gasteiger partial charge is 0.472 e. The molecule has 0 aliphatic carbocycles. The van der Waals surface area contributed by atoms with Gasteiger partial charge in [0.25, 0.3) is 11.8 Å². The summed E-state index contributed by atoms with van der Waals surface area (Å²) < 4.78 is 6.25. The minimum Gasteiger partial charge on any atom is -0.472 e. The number of hydrogen-bond donors (Lipinski definition) is 1. The molecule has 2 amide bonds. The summed E-state index contributed by atoms with van der Waals surface area (Å²) in [6.45, 7) is 4.92. The highest BCUT2D eigenvalue weighted by Gasteiger charge is 2.34. The smallest absolute Gasteiger partial charge is 0.259 e. The second-order valence-corrected chi connectivity index (χ2v) is 9.24. The van der Waals surface area contributed by atoms with E-state index in [0.717, 1.165) is 11.1 Å². The lowest BCUT2D eigenvalue weighted by molar-refractivity contribution is 0.0348. The number of likely N-dealkylation sites (N-methyl/N-ethyl adjacent to an activating group) is 1. The number of aliphatic hydroxyl groups excluding tert-OH is 1. The van der Waals surface area contributed by atoms with E-state index in [-0.39, 0.29) is 36.5 Å². The van der Waals surface area contributed by atoms with Crippen LogP contribution in [0.3, 0.4) is 0 Å². The van der Waals surface area contributed by atoms with Gasteiger partial charge in [-0.1, -0.05) is 19.1 Å². The molecule has 0 bridgehead atoms. The summed E-state index contributed by atoms with van der Waals surface area (Å²) in [5.74, 6) is 0.0741. The van der Waals surface area contributed by atoms with Crippen LogP contribution in [-0.4, -0.2) is 96.6 Å². The van der Waals surface area contributed by atoms with Crippen LogP contribution < -0.4 is 4.74 Å². The molecule has 1 aliphatic rings. The standard InChI is InChI=1S/C25H34N4O4/c1-16-13-29(17(2)15-30)25(32)21-11-20(12-26-23(21)33-22(16)14-27(3)4)18-7-9-19(10-8-18)24(31)28(5)6/h7-12,16-17,22,30H,13-15H2,1-6H3/t16-,17-,22-/m1/s1. The zero-order valence-corrected chi connectivity index (χ0v) is 20.3. The summed E-state index contributed by atoms with van der Waals surface area (Å²) in [5, 5.41) is 9.77. The number of ether oxygens (including phenoxy) is 1. The average Bonchev–Trinajstić information content (AvgIpc) is 2.79. The van der Waals surface area contributed by atoms with Gasteiger partial charge in [0.2, 0.25) is 5.88 Å². The molecule has 0 radical (unpaired) electrons. The lowest BCUT2D eigenvalue weighted by Gasteiger charge is -2.37. The maximum atomic E-state index is 13.5. The van der Waals surface area contributed by atoms with E-state index in [2.05, 4.69) is 16.8 Å². The van der Waals surface area contributed by atoms with Gasteiger partial charge in [0, 0.05) is 50.4 Å². The third-order valence-corrected chi connectivity index (χ3v) is 5.94. The number of benzene rings is 1. The van der Waals surface area contributed by atoms with E-state index >= 15 is 0 Å². The zero-order valence-electron chi connectivity index (χ0n) is 20.3. The molecule has 178 valence electrons. The van der Waals surface area contributed by atoms with Crippen molar-refractivity contribution in [2.45, 2.75) is 26.0 Å². The lowest BCUT2D eigenvalue weighted by Crippen LogP contribution is -2.49. The summed E-state index contributed by atoms with van der Waals surface area (Å²) in [6, 6.07) is 8.68. The summed E-state index contributed by atoms with van der Waals surface area (Å²) in [7, 11) is 7.39. The number of pyridine rings is 1. The quantitative estimate of drug-likeness (QED) is 0.721. The molecule has 8 nitrogen and oxygen atoms in total. The first kappa shape index (κ1) is 24.7. The molecule has 2 heterocycles. The van der Waals surface area contributed by atoms with E-state index in [1.165, 1.54) is 4.90 Å². The van der Waals surface area contributed by atoms with Crippen molar-refractivity contribution in [1.82, 2.24) is 19.7 Å². The van der Waals surface area contributed by atoms with Gasteiger partial charge in [-0.3, -0.25) is 9.59 Å². The van der Waals surface area contributed by atoms with Crippen molar-refractivity contribution in [2.75, 3.05) is 47.9 Å². The van der Waals surface area contributed by atoms with Gasteiger partial charge in [-0.05, 0) is 44.8 Å². The van der Waals surface area contributed by atoms with Crippen molar-refractivity contribution < 1.29 is 19.4 Å². The highest BCUT2D eigenvalue weighted by molar-refractivity contribution is 5.98. The number of carbonyl (C=O) groups is 2. The van der Waals surface area contributed by atoms with Gasteiger partial charge in [0.15, 0.2) is 0 Å². The van der Waals surface area contributed by atoms with Crippen LogP contribution >= 0.6 is 0 Å². The first-order valence-corrected chi connectivity index (χ1v) is 11.2. The highest BCUT2D eigenvalue weighted by Crippen LogP contribution is 2.30. The van der Waals surface area contributed by atoms with Crippen molar-refractivity contribution >= 4 is 11.8 Å². The Hall–Kier alpha value is -2.97. The van der Waals surface area contributed by atoms with Crippen molar-refractivity contribution in [2.24, 2.45) is 5.92 Å². The lowest BCUT2D eigenvalue weighted by atomic mass is 9.99. The molecule has 3 atom stereocenters. The van der Waals surface area contributed by atoms with Gasteiger partial charge >= 0.3 is 0 Å². The molecule has 1 aliphatic heterocycles. The number of carbonyl (C=O) groups excluding carboxylic acids is 2. The molecule has 2 aromatic rings. The number of fused-ring (bicyclic) bond motifs is 1. The molecule has 1 aromatic carbocycles. The average molecular weight is 455 g/mol. The van der Waals surface area contributed by atoms with Gasteiger partial charge in [-0.25, -0.2) is 4.98 Å². The van der Waals surface area contributed by atoms with Crippen LogP contribution in [0.5, 0.6) is 5.88 Å². The number of aromatic nitrogens is 1. The second-order valence-electron chi connectivity index (χ2n) is 9.24. The number of aliphatic hydroxyl groups is 1. The summed E-state index contributed by atoms with van der Waals surface area (Å²) in [6.07, 6.45) is 1.53. The second kappa shape index (κ2) is 10.3. The van der Waals surface area contributed by atoms with Gasteiger partial charge in [-0.2, -0.15) is 0 Å². The van der Waals surface area contributed by atoms with E-state index in [1.807, 2.05) is 33.2 Å². The zero-order chi connectivity index (χ0) is 24.3. The number of nitrogens with zero attached hydrogens (tertiary/aromatic N) is 4. The predicted octanol–water partition coefficient (Wildman–Crippen LogP) is 2.23. The van der Waals surface area contributed by atoms with E-state index in [9.17, 15) is 14.7 Å². The fourth-order valence-electron chi connectivity index (χ4n) is 3.90. The van der Waals surface area contributed by atoms with Crippen LogP contribution in [0, 0.1) is 5.92 Å². The maximum Gasteiger partial charge on any atom is 0.259 e. The van der Waals surface area contributed by atoms with Gasteiger partial charge in [0.05, 0.1) is 12.6 Å². The van der Waals surface area contributed by atoms with E-state index in [4.69, 9.17) is 4.74 Å². The van der Waals surface area contributed by atoms with Crippen LogP contribution in [0.4, 0.5) is 0 Å². The number of amides is 2. The normalized spacial score (nSPS) is 19.4. The molecule has 0 saturated heterocycles. The Morgan fingerprint density at radius 1 is 1.21 bits per heavy atom. The molecule has 1 aromatic heterocycles. The molecule has 33 heavy (non-hydrogen) atoms. The van der Waals surface area contributed by atoms with E-state index in [1.54, 1.807) is 43.4 Å². The third kappa shape index (κ3) is 5.51. The Morgan fingerprint density at radius 3 is 2.45 bits per heavy atom. The molecule has 0 spiro atoms. The molecular formula is C25H34N4O4. The Kier molecular flexibility index (Phi) is 7.71. The van der Waals surface area contributed by atoms with Gasteiger partial charge in [0.1, 0.15) is 11.7 Å². The van der Waals surface area contributed by atoms with Crippen molar-refractivity contribution in [3.8, 4) is 17.0 Å². The highest BCUT2D eigenvalue weighted by atomic mass is 16.5. The van der Waals surface area contributed by atoms with Gasteiger partial charge < -0.3 is 24.5 Å². The van der Waals surface area contributed by atoms with Crippen LogP contribution in [0.2, 0.25) is 0 Å². The van der Waals surface area contributed by atoms with Crippen LogP contribution in [0.25, 0.3) is 11.1 Å². The van der Waals surface area contributed by atoms with E-state index < -0.39 is 0 Å². The van der Waals surface area contributed by atoms with Crippen LogP contribution in [-0.2, 0) is 0 Å². The Bertz CT molecular complexity index is 990.